The van der Waals surface area contributed by atoms with Crippen LogP contribution in [-0.2, 0) is 6.54 Å². The van der Waals surface area contributed by atoms with Crippen LogP contribution in [0.5, 0.6) is 0 Å². The minimum Gasteiger partial charge on any atom is -0.332 e. The molecule has 1 unspecified atom stereocenters. The number of benzene rings is 2. The molecule has 1 amide bonds. The summed E-state index contributed by atoms with van der Waals surface area (Å²) in [5, 5.41) is 27.1. The summed E-state index contributed by atoms with van der Waals surface area (Å²) >= 11 is 0. The van der Waals surface area contributed by atoms with E-state index in [9.17, 15) is 24.6 Å². The van der Waals surface area contributed by atoms with Gasteiger partial charge in [-0.3, -0.25) is 19.6 Å². The monoisotopic (exact) mass is 407 g/mol. The summed E-state index contributed by atoms with van der Waals surface area (Å²) in [4.78, 5) is 23.1. The highest BCUT2D eigenvalue weighted by Crippen LogP contribution is 2.23. The fourth-order valence-corrected chi connectivity index (χ4v) is 3.14. The molecule has 1 aromatic heterocycles. The van der Waals surface area contributed by atoms with E-state index in [1.165, 1.54) is 22.9 Å². The van der Waals surface area contributed by atoms with Crippen molar-refractivity contribution < 1.29 is 14.1 Å². The second kappa shape index (κ2) is 8.53. The highest BCUT2D eigenvalue weighted by Gasteiger charge is 2.22. The Kier molecular flexibility index (Phi) is 5.88. The van der Waals surface area contributed by atoms with Crippen molar-refractivity contribution in [1.29, 1.82) is 5.26 Å². The van der Waals surface area contributed by atoms with Crippen LogP contribution in [0.4, 0.5) is 10.1 Å². The van der Waals surface area contributed by atoms with Crippen LogP contribution in [-0.4, -0.2) is 20.6 Å². The van der Waals surface area contributed by atoms with Gasteiger partial charge in [0, 0.05) is 11.1 Å². The molecule has 30 heavy (non-hydrogen) atoms. The molecule has 8 nitrogen and oxygen atoms in total. The van der Waals surface area contributed by atoms with Gasteiger partial charge in [0.2, 0.25) is 0 Å². The number of aryl methyl sites for hydroxylation is 1. The van der Waals surface area contributed by atoms with E-state index in [4.69, 9.17) is 0 Å². The van der Waals surface area contributed by atoms with Crippen LogP contribution in [0.15, 0.2) is 48.5 Å². The van der Waals surface area contributed by atoms with Crippen LogP contribution in [0, 0.1) is 41.1 Å². The molecule has 1 heterocycles. The number of carbonyl (C=O) groups excluding carboxylic acids is 1. The van der Waals surface area contributed by atoms with Gasteiger partial charge in [-0.25, -0.2) is 4.39 Å². The summed E-state index contributed by atoms with van der Waals surface area (Å²) in [6.45, 7) is 3.51. The Morgan fingerprint density at radius 2 is 1.93 bits per heavy atom. The van der Waals surface area contributed by atoms with E-state index in [1.54, 1.807) is 44.2 Å². The molecule has 0 aliphatic rings. The smallest absolute Gasteiger partial charge is 0.312 e. The van der Waals surface area contributed by atoms with Crippen molar-refractivity contribution in [1.82, 2.24) is 15.1 Å². The van der Waals surface area contributed by atoms with Crippen molar-refractivity contribution in [3.63, 3.8) is 0 Å². The molecule has 3 rings (SSSR count). The third-order valence-electron chi connectivity index (χ3n) is 4.70. The predicted octanol–water partition coefficient (Wildman–Crippen LogP) is 3.59. The topological polar surface area (TPSA) is 114 Å². The molecule has 3 aromatic rings. The van der Waals surface area contributed by atoms with Crippen molar-refractivity contribution in [2.75, 3.05) is 0 Å². The molecule has 1 N–H and O–H groups in total. The Balaban J connectivity index is 1.73. The Morgan fingerprint density at radius 3 is 2.50 bits per heavy atom. The molecule has 0 spiro atoms. The number of amides is 1. The molecule has 0 aliphatic carbocycles. The molecule has 0 bridgehead atoms. The van der Waals surface area contributed by atoms with Crippen LogP contribution in [0.2, 0.25) is 0 Å². The van der Waals surface area contributed by atoms with Gasteiger partial charge < -0.3 is 5.32 Å². The lowest BCUT2D eigenvalue weighted by atomic mass is 10.1. The van der Waals surface area contributed by atoms with Crippen LogP contribution < -0.4 is 5.32 Å². The molecular formula is C21H18FN5O3. The fourth-order valence-electron chi connectivity index (χ4n) is 3.14. The van der Waals surface area contributed by atoms with Gasteiger partial charge in [-0.05, 0) is 37.6 Å². The van der Waals surface area contributed by atoms with Crippen molar-refractivity contribution in [3.8, 4) is 6.07 Å². The van der Waals surface area contributed by atoms with Gasteiger partial charge in [0.05, 0.1) is 17.5 Å². The lowest BCUT2D eigenvalue weighted by Gasteiger charge is -2.13. The third kappa shape index (κ3) is 4.17. The fraction of sp³-hybridized carbons (Fsp3) is 0.190. The Morgan fingerprint density at radius 1 is 1.27 bits per heavy atom. The molecule has 2 aromatic carbocycles. The lowest BCUT2D eigenvalue weighted by Crippen LogP contribution is -2.28. The average Bonchev–Trinajstić information content (AvgIpc) is 3.00. The normalized spacial score (nSPS) is 11.5. The van der Waals surface area contributed by atoms with E-state index in [2.05, 4.69) is 10.4 Å². The van der Waals surface area contributed by atoms with Crippen molar-refractivity contribution >= 4 is 11.6 Å². The van der Waals surface area contributed by atoms with E-state index >= 15 is 0 Å². The number of carbonyl (C=O) groups is 1. The maximum absolute atomic E-state index is 13.9. The molecular weight excluding hydrogens is 389 g/mol. The van der Waals surface area contributed by atoms with Crippen LogP contribution in [0.3, 0.4) is 0 Å². The van der Waals surface area contributed by atoms with E-state index < -0.39 is 22.7 Å². The standard InChI is InChI=1S/C21H18FN5O3/c1-13-20(27(29)30)14(2)26(25-13)12-15-7-9-16(10-8-15)21(28)24-19(11-23)17-5-3-4-6-18(17)22/h3-10,19H,12H2,1-2H3,(H,24,28). The predicted molar refractivity (Wildman–Crippen MR) is 106 cm³/mol. The first-order chi connectivity index (χ1) is 14.3. The zero-order chi connectivity index (χ0) is 21.8. The second-order valence-electron chi connectivity index (χ2n) is 6.69. The van der Waals surface area contributed by atoms with Crippen molar-refractivity contribution in [3.05, 3.63) is 92.5 Å². The van der Waals surface area contributed by atoms with E-state index in [1.807, 2.05) is 6.07 Å². The number of aromatic nitrogens is 2. The van der Waals surface area contributed by atoms with Gasteiger partial charge in [-0.15, -0.1) is 0 Å². The Labute approximate surface area is 171 Å². The van der Waals surface area contributed by atoms with Crippen molar-refractivity contribution in [2.45, 2.75) is 26.4 Å². The van der Waals surface area contributed by atoms with Gasteiger partial charge in [0.25, 0.3) is 5.91 Å². The Hall–Kier alpha value is -4.06. The van der Waals surface area contributed by atoms with E-state index in [0.717, 1.165) is 5.56 Å². The molecule has 0 radical (unpaired) electrons. The molecule has 0 aliphatic heterocycles. The van der Waals surface area contributed by atoms with Gasteiger partial charge in [0.15, 0.2) is 0 Å². The number of hydrogen-bond acceptors (Lipinski definition) is 5. The highest BCUT2D eigenvalue weighted by molar-refractivity contribution is 5.94. The number of nitrogens with one attached hydrogen (secondary N) is 1. The SMILES string of the molecule is Cc1nn(Cc2ccc(C(=O)NC(C#N)c3ccccc3F)cc2)c(C)c1[N+](=O)[O-]. The van der Waals surface area contributed by atoms with Crippen molar-refractivity contribution in [2.24, 2.45) is 0 Å². The summed E-state index contributed by atoms with van der Waals surface area (Å²) in [5.41, 5.74) is 1.95. The number of rotatable bonds is 6. The maximum Gasteiger partial charge on any atom is 0.312 e. The Bertz CT molecular complexity index is 1150. The minimum absolute atomic E-state index is 0.0123. The van der Waals surface area contributed by atoms with E-state index in [-0.39, 0.29) is 11.3 Å². The largest absolute Gasteiger partial charge is 0.332 e. The molecule has 0 saturated heterocycles. The van der Waals surface area contributed by atoms with Gasteiger partial charge in [-0.2, -0.15) is 10.4 Å². The summed E-state index contributed by atoms with van der Waals surface area (Å²) in [6.07, 6.45) is 0. The first kappa shape index (κ1) is 20.7. The van der Waals surface area contributed by atoms with Gasteiger partial charge >= 0.3 is 5.69 Å². The number of nitro groups is 1. The first-order valence-corrected chi connectivity index (χ1v) is 9.04. The molecule has 152 valence electrons. The first-order valence-electron chi connectivity index (χ1n) is 9.04. The van der Waals surface area contributed by atoms with Crippen LogP contribution in [0.1, 0.15) is 38.9 Å². The third-order valence-corrected chi connectivity index (χ3v) is 4.70. The number of hydrogen-bond donors (Lipinski definition) is 1. The van der Waals surface area contributed by atoms with Crippen LogP contribution in [0.25, 0.3) is 0 Å². The average molecular weight is 407 g/mol. The van der Waals surface area contributed by atoms with E-state index in [0.29, 0.717) is 23.5 Å². The highest BCUT2D eigenvalue weighted by atomic mass is 19.1. The molecule has 9 heteroatoms. The maximum atomic E-state index is 13.9. The van der Waals surface area contributed by atoms with Gasteiger partial charge in [-0.1, -0.05) is 30.3 Å². The zero-order valence-electron chi connectivity index (χ0n) is 16.3. The summed E-state index contributed by atoms with van der Waals surface area (Å²) < 4.78 is 15.4. The summed E-state index contributed by atoms with van der Waals surface area (Å²) in [5.74, 6) is -1.09. The second-order valence-corrected chi connectivity index (χ2v) is 6.69. The summed E-state index contributed by atoms with van der Waals surface area (Å²) in [6, 6.07) is 13.1. The minimum atomic E-state index is -1.12. The molecule has 1 atom stereocenters. The number of halogens is 1. The van der Waals surface area contributed by atoms with Crippen LogP contribution >= 0.6 is 0 Å². The molecule has 0 saturated carbocycles. The number of nitrogens with zero attached hydrogens (tertiary/aromatic N) is 4. The molecule has 0 fully saturated rings. The number of nitriles is 1. The van der Waals surface area contributed by atoms with Gasteiger partial charge in [0.1, 0.15) is 23.2 Å². The zero-order valence-corrected chi connectivity index (χ0v) is 16.3. The summed E-state index contributed by atoms with van der Waals surface area (Å²) in [7, 11) is 0. The quantitative estimate of drug-likeness (QED) is 0.495. The lowest BCUT2D eigenvalue weighted by molar-refractivity contribution is -0.386.